The van der Waals surface area contributed by atoms with Crippen molar-refractivity contribution < 1.29 is 0 Å². The third-order valence-corrected chi connectivity index (χ3v) is 16.2. The molecule has 0 aliphatic carbocycles. The molecular formula is C78H53N3. The molecule has 81 heavy (non-hydrogen) atoms. The number of nitrogens with zero attached hydrogens (tertiary/aromatic N) is 3. The van der Waals surface area contributed by atoms with Crippen LogP contribution in [0.3, 0.4) is 0 Å². The Morgan fingerprint density at radius 1 is 0.173 bits per heavy atom. The summed E-state index contributed by atoms with van der Waals surface area (Å²) in [5.41, 5.74) is 24.6. The number of fused-ring (bicyclic) bond motifs is 6. The lowest BCUT2D eigenvalue weighted by Crippen LogP contribution is -2.09. The molecule has 0 aliphatic rings. The van der Waals surface area contributed by atoms with Gasteiger partial charge in [0.15, 0.2) is 0 Å². The minimum Gasteiger partial charge on any atom is -0.311 e. The number of rotatable bonds is 11. The number of hydrogen-bond donors (Lipinski definition) is 0. The smallest absolute Gasteiger partial charge is 0.0541 e. The van der Waals surface area contributed by atoms with Crippen LogP contribution < -0.4 is 4.90 Å². The molecule has 2 aromatic heterocycles. The Hall–Kier alpha value is -10.7. The Morgan fingerprint density at radius 2 is 0.420 bits per heavy atom. The van der Waals surface area contributed by atoms with Crippen molar-refractivity contribution in [3.05, 3.63) is 322 Å². The van der Waals surface area contributed by atoms with Gasteiger partial charge >= 0.3 is 0 Å². The zero-order valence-corrected chi connectivity index (χ0v) is 44.4. The quantitative estimate of drug-likeness (QED) is 0.126. The van der Waals surface area contributed by atoms with Crippen LogP contribution >= 0.6 is 0 Å². The van der Waals surface area contributed by atoms with E-state index < -0.39 is 0 Å². The van der Waals surface area contributed by atoms with E-state index in [-0.39, 0.29) is 0 Å². The van der Waals surface area contributed by atoms with Gasteiger partial charge in [-0.05, 0) is 164 Å². The van der Waals surface area contributed by atoms with Crippen LogP contribution in [0.25, 0.3) is 122 Å². The number of anilines is 3. The molecule has 2 heterocycles. The average Bonchev–Trinajstić information content (AvgIpc) is 4.28. The van der Waals surface area contributed by atoms with Gasteiger partial charge in [-0.3, -0.25) is 0 Å². The lowest BCUT2D eigenvalue weighted by molar-refractivity contribution is 1.18. The average molecular weight is 1030 g/mol. The van der Waals surface area contributed by atoms with Crippen LogP contribution in [0.4, 0.5) is 17.1 Å². The Labute approximate surface area is 471 Å². The fraction of sp³-hybridized carbons (Fsp3) is 0. The van der Waals surface area contributed by atoms with Crippen LogP contribution in [0, 0.1) is 0 Å². The third kappa shape index (κ3) is 8.75. The molecule has 0 aliphatic heterocycles. The van der Waals surface area contributed by atoms with Gasteiger partial charge in [0, 0.05) is 50.0 Å². The van der Waals surface area contributed by atoms with Gasteiger partial charge in [0.2, 0.25) is 0 Å². The molecule has 3 nitrogen and oxygen atoms in total. The largest absolute Gasteiger partial charge is 0.311 e. The standard InChI is InChI=1S/C78H53N3/c1-4-14-54(15-5-1)56-24-28-58(29-25-56)60-32-42-67(43-33-60)79(68-44-34-61(35-45-68)59-30-26-57(27-31-59)55-16-6-2-7-17-55)69-46-36-62(37-47-69)63-38-48-70(49-39-63)81-76-23-13-11-21-72(76)74-53-65(41-51-78(74)81)64-40-50-77-73(52-64)71-20-10-12-22-75(71)80(77)66-18-8-3-9-19-66/h1-53H. The first-order chi connectivity index (χ1) is 40.1. The summed E-state index contributed by atoms with van der Waals surface area (Å²) in [5.74, 6) is 0. The van der Waals surface area contributed by atoms with Crippen molar-refractivity contribution in [2.45, 2.75) is 0 Å². The number of aromatic nitrogens is 2. The molecule has 15 aromatic rings. The Kier molecular flexibility index (Phi) is 11.9. The second-order valence-corrected chi connectivity index (χ2v) is 20.9. The molecule has 0 N–H and O–H groups in total. The predicted octanol–water partition coefficient (Wildman–Crippen LogP) is 21.4. The molecule has 0 saturated carbocycles. The van der Waals surface area contributed by atoms with Crippen molar-refractivity contribution in [2.24, 2.45) is 0 Å². The van der Waals surface area contributed by atoms with E-state index in [1.807, 2.05) is 0 Å². The van der Waals surface area contributed by atoms with Crippen LogP contribution in [0.15, 0.2) is 322 Å². The molecule has 0 spiro atoms. The van der Waals surface area contributed by atoms with Crippen LogP contribution in [-0.2, 0) is 0 Å². The molecule has 0 bridgehead atoms. The van der Waals surface area contributed by atoms with Crippen molar-refractivity contribution in [1.82, 2.24) is 9.13 Å². The summed E-state index contributed by atoms with van der Waals surface area (Å²) in [6, 6.07) is 117. The highest BCUT2D eigenvalue weighted by Crippen LogP contribution is 2.41. The lowest BCUT2D eigenvalue weighted by atomic mass is 9.99. The second kappa shape index (κ2) is 20.2. The molecule has 0 fully saturated rings. The zero-order valence-electron chi connectivity index (χ0n) is 44.4. The van der Waals surface area contributed by atoms with E-state index in [4.69, 9.17) is 0 Å². The first kappa shape index (κ1) is 47.5. The highest BCUT2D eigenvalue weighted by molar-refractivity contribution is 6.13. The van der Waals surface area contributed by atoms with Crippen LogP contribution in [0.5, 0.6) is 0 Å². The van der Waals surface area contributed by atoms with E-state index in [2.05, 4.69) is 336 Å². The number of benzene rings is 13. The molecule has 380 valence electrons. The van der Waals surface area contributed by atoms with Gasteiger partial charge in [-0.2, -0.15) is 0 Å². The summed E-state index contributed by atoms with van der Waals surface area (Å²) in [6.07, 6.45) is 0. The number of hydrogen-bond acceptors (Lipinski definition) is 1. The maximum Gasteiger partial charge on any atom is 0.0541 e. The summed E-state index contributed by atoms with van der Waals surface area (Å²) in [6.45, 7) is 0. The first-order valence-corrected chi connectivity index (χ1v) is 27.8. The minimum absolute atomic E-state index is 1.08. The van der Waals surface area contributed by atoms with E-state index in [0.717, 1.165) is 33.9 Å². The van der Waals surface area contributed by atoms with Crippen LogP contribution in [0.2, 0.25) is 0 Å². The molecule has 13 aromatic carbocycles. The minimum atomic E-state index is 1.08. The second-order valence-electron chi connectivity index (χ2n) is 20.9. The third-order valence-electron chi connectivity index (χ3n) is 16.2. The van der Waals surface area contributed by atoms with Crippen molar-refractivity contribution in [3.8, 4) is 78.1 Å². The van der Waals surface area contributed by atoms with Crippen molar-refractivity contribution in [2.75, 3.05) is 4.90 Å². The molecule has 0 radical (unpaired) electrons. The summed E-state index contributed by atoms with van der Waals surface area (Å²) in [5, 5.41) is 4.97. The van der Waals surface area contributed by atoms with Crippen LogP contribution in [0.1, 0.15) is 0 Å². The van der Waals surface area contributed by atoms with E-state index in [0.29, 0.717) is 0 Å². The van der Waals surface area contributed by atoms with E-state index >= 15 is 0 Å². The predicted molar refractivity (Wildman–Crippen MR) is 342 cm³/mol. The molecule has 3 heteroatoms. The SMILES string of the molecule is c1ccc(-c2ccc(-c3ccc(N(c4ccc(-c5ccc(-c6ccccc6)cc5)cc4)c4ccc(-c5ccc(-n6c7ccccc7c7cc(-c8ccc9c(c8)c8ccccc8n9-c8ccccc8)ccc76)cc5)cc4)cc3)cc2)cc1. The monoisotopic (exact) mass is 1030 g/mol. The van der Waals surface area contributed by atoms with Crippen molar-refractivity contribution in [3.63, 3.8) is 0 Å². The van der Waals surface area contributed by atoms with Crippen molar-refractivity contribution in [1.29, 1.82) is 0 Å². The Bertz CT molecular complexity index is 4590. The highest BCUT2D eigenvalue weighted by Gasteiger charge is 2.18. The van der Waals surface area contributed by atoms with Gasteiger partial charge in [-0.1, -0.05) is 224 Å². The van der Waals surface area contributed by atoms with Gasteiger partial charge in [0.25, 0.3) is 0 Å². The summed E-state index contributed by atoms with van der Waals surface area (Å²) in [7, 11) is 0. The van der Waals surface area contributed by atoms with Gasteiger partial charge < -0.3 is 14.0 Å². The van der Waals surface area contributed by atoms with Gasteiger partial charge in [-0.15, -0.1) is 0 Å². The van der Waals surface area contributed by atoms with Gasteiger partial charge in [0.05, 0.1) is 22.1 Å². The summed E-state index contributed by atoms with van der Waals surface area (Å²) in [4.78, 5) is 2.36. The summed E-state index contributed by atoms with van der Waals surface area (Å²) < 4.78 is 4.78. The van der Waals surface area contributed by atoms with Crippen LogP contribution in [-0.4, -0.2) is 9.13 Å². The fourth-order valence-electron chi connectivity index (χ4n) is 12.1. The van der Waals surface area contributed by atoms with E-state index in [9.17, 15) is 0 Å². The van der Waals surface area contributed by atoms with Crippen molar-refractivity contribution >= 4 is 60.7 Å². The van der Waals surface area contributed by atoms with E-state index in [1.165, 1.54) is 105 Å². The number of para-hydroxylation sites is 3. The normalized spacial score (nSPS) is 11.5. The van der Waals surface area contributed by atoms with Gasteiger partial charge in [0.1, 0.15) is 0 Å². The zero-order chi connectivity index (χ0) is 53.6. The molecular weight excluding hydrogens is 979 g/mol. The molecule has 0 saturated heterocycles. The fourth-order valence-corrected chi connectivity index (χ4v) is 12.1. The summed E-state index contributed by atoms with van der Waals surface area (Å²) >= 11 is 0. The lowest BCUT2D eigenvalue weighted by Gasteiger charge is -2.26. The first-order valence-electron chi connectivity index (χ1n) is 27.8. The highest BCUT2D eigenvalue weighted by atomic mass is 15.1. The van der Waals surface area contributed by atoms with E-state index in [1.54, 1.807) is 0 Å². The maximum atomic E-state index is 2.41. The topological polar surface area (TPSA) is 13.1 Å². The molecule has 15 rings (SSSR count). The molecule has 0 unspecified atom stereocenters. The Balaban J connectivity index is 0.734. The Morgan fingerprint density at radius 3 is 0.778 bits per heavy atom. The molecule has 0 amide bonds. The maximum absolute atomic E-state index is 2.41. The van der Waals surface area contributed by atoms with Gasteiger partial charge in [-0.25, -0.2) is 0 Å². The molecule has 0 atom stereocenters.